The number of rotatable bonds is 21. The van der Waals surface area contributed by atoms with Gasteiger partial charge in [0.25, 0.3) is 0 Å². The Labute approximate surface area is 262 Å². The molecule has 0 bridgehead atoms. The molecular weight excluding hydrogens is 508 g/mol. The summed E-state index contributed by atoms with van der Waals surface area (Å²) in [6.45, 7) is 22.1. The van der Waals surface area contributed by atoms with Crippen molar-refractivity contribution in [2.45, 2.75) is 145 Å². The zero-order chi connectivity index (χ0) is 31.8. The molecule has 0 aromatic heterocycles. The van der Waals surface area contributed by atoms with Crippen LogP contribution in [0.5, 0.6) is 0 Å². The molecule has 0 heterocycles. The SMILES string of the molecule is COC(C)(C)CCC/C(C)=C/CC/C(C)=C/C=C/C(C)=C/C=C/C=C(\C)CC/C=C(\C)CC/C=C(\C)CCC=C(C)C. The standard InChI is InChI=1S/C41H66O/c1-34(2)20-14-23-37(5)26-17-29-38(6)27-15-24-35(3)21-12-13-22-36(4)25-16-28-39(7)30-18-31-40(8)32-19-33-41(9,10)42-11/h12-13,16,20-22,25-28,31H,14-15,17-19,23-24,29-30,32-33H2,1-11H3/b13-12+,25-16+,35-21+,36-22+,37-26+,38-27+,39-28+,40-31+. The van der Waals surface area contributed by atoms with Crippen LogP contribution in [0.2, 0.25) is 0 Å². The van der Waals surface area contributed by atoms with Crippen LogP contribution < -0.4 is 0 Å². The van der Waals surface area contributed by atoms with Gasteiger partial charge in [0.05, 0.1) is 5.60 Å². The minimum absolute atomic E-state index is 0.0106. The van der Waals surface area contributed by atoms with Crippen LogP contribution in [0, 0.1) is 0 Å². The molecule has 0 amide bonds. The lowest BCUT2D eigenvalue weighted by Crippen LogP contribution is -2.21. The average molecular weight is 575 g/mol. The first-order valence-electron chi connectivity index (χ1n) is 16.3. The molecule has 0 aliphatic rings. The lowest BCUT2D eigenvalue weighted by Gasteiger charge is -2.22. The van der Waals surface area contributed by atoms with Gasteiger partial charge in [0.15, 0.2) is 0 Å². The van der Waals surface area contributed by atoms with Crippen molar-refractivity contribution in [1.82, 2.24) is 0 Å². The van der Waals surface area contributed by atoms with Crippen LogP contribution in [-0.2, 0) is 4.74 Å². The van der Waals surface area contributed by atoms with Gasteiger partial charge in [0.1, 0.15) is 0 Å². The van der Waals surface area contributed by atoms with Crippen LogP contribution in [0.4, 0.5) is 0 Å². The van der Waals surface area contributed by atoms with E-state index in [2.05, 4.69) is 136 Å². The molecule has 0 unspecified atom stereocenters. The van der Waals surface area contributed by atoms with Crippen molar-refractivity contribution in [3.8, 4) is 0 Å². The van der Waals surface area contributed by atoms with Crippen LogP contribution in [-0.4, -0.2) is 12.7 Å². The first kappa shape index (κ1) is 39.6. The van der Waals surface area contributed by atoms with Crippen molar-refractivity contribution in [2.24, 2.45) is 0 Å². The van der Waals surface area contributed by atoms with Crippen LogP contribution in [0.15, 0.2) is 106 Å². The van der Waals surface area contributed by atoms with Crippen LogP contribution in [0.25, 0.3) is 0 Å². The number of methoxy groups -OCH3 is 1. The number of hydrogen-bond acceptors (Lipinski definition) is 1. The summed E-state index contributed by atoms with van der Waals surface area (Å²) in [5, 5.41) is 0. The summed E-state index contributed by atoms with van der Waals surface area (Å²) in [6, 6.07) is 0. The minimum atomic E-state index is -0.0106. The van der Waals surface area contributed by atoms with Crippen LogP contribution in [0.1, 0.15) is 140 Å². The Bertz CT molecular complexity index is 1020. The summed E-state index contributed by atoms with van der Waals surface area (Å²) >= 11 is 0. The van der Waals surface area contributed by atoms with Gasteiger partial charge in [0, 0.05) is 7.11 Å². The maximum atomic E-state index is 5.52. The van der Waals surface area contributed by atoms with Gasteiger partial charge in [-0.05, 0) is 140 Å². The zero-order valence-corrected chi connectivity index (χ0v) is 29.5. The van der Waals surface area contributed by atoms with E-state index in [1.54, 1.807) is 7.11 Å². The molecule has 1 heteroatoms. The Kier molecular flexibility index (Phi) is 22.7. The predicted octanol–water partition coefficient (Wildman–Crippen LogP) is 13.5. The molecule has 0 aromatic rings. The second-order valence-corrected chi connectivity index (χ2v) is 13.1. The summed E-state index contributed by atoms with van der Waals surface area (Å²) in [7, 11) is 1.80. The highest BCUT2D eigenvalue weighted by Gasteiger charge is 2.15. The maximum Gasteiger partial charge on any atom is 0.0622 e. The number of allylic oxidation sites excluding steroid dienone is 18. The first-order valence-corrected chi connectivity index (χ1v) is 16.3. The van der Waals surface area contributed by atoms with Gasteiger partial charge in [-0.15, -0.1) is 0 Å². The third-order valence-electron chi connectivity index (χ3n) is 7.68. The highest BCUT2D eigenvalue weighted by atomic mass is 16.5. The third kappa shape index (κ3) is 25.3. The van der Waals surface area contributed by atoms with E-state index >= 15 is 0 Å². The molecule has 0 aliphatic carbocycles. The van der Waals surface area contributed by atoms with Crippen molar-refractivity contribution >= 4 is 0 Å². The molecule has 42 heavy (non-hydrogen) atoms. The van der Waals surface area contributed by atoms with Crippen LogP contribution >= 0.6 is 0 Å². The Hall–Kier alpha value is -2.38. The molecule has 1 nitrogen and oxygen atoms in total. The lowest BCUT2D eigenvalue weighted by atomic mass is 9.98. The van der Waals surface area contributed by atoms with E-state index in [1.807, 2.05) is 0 Å². The minimum Gasteiger partial charge on any atom is -0.379 e. The maximum absolute atomic E-state index is 5.52. The van der Waals surface area contributed by atoms with Crippen molar-refractivity contribution in [1.29, 1.82) is 0 Å². The highest BCUT2D eigenvalue weighted by Crippen LogP contribution is 2.19. The Balaban J connectivity index is 4.39. The average Bonchev–Trinajstić information content (AvgIpc) is 2.91. The van der Waals surface area contributed by atoms with Crippen molar-refractivity contribution in [2.75, 3.05) is 7.11 Å². The van der Waals surface area contributed by atoms with Gasteiger partial charge < -0.3 is 4.74 Å². The molecular formula is C41H66O. The van der Waals surface area contributed by atoms with Crippen LogP contribution in [0.3, 0.4) is 0 Å². The molecule has 0 saturated carbocycles. The molecule has 0 radical (unpaired) electrons. The normalized spacial score (nSPS) is 14.9. The van der Waals surface area contributed by atoms with E-state index in [9.17, 15) is 0 Å². The van der Waals surface area contributed by atoms with E-state index in [-0.39, 0.29) is 5.60 Å². The fourth-order valence-corrected chi connectivity index (χ4v) is 4.44. The van der Waals surface area contributed by atoms with E-state index in [0.717, 1.165) is 51.4 Å². The zero-order valence-electron chi connectivity index (χ0n) is 29.5. The summed E-state index contributed by atoms with van der Waals surface area (Å²) in [6.07, 6.45) is 37.5. The summed E-state index contributed by atoms with van der Waals surface area (Å²) in [5.41, 5.74) is 10.0. The summed E-state index contributed by atoms with van der Waals surface area (Å²) in [5.74, 6) is 0. The van der Waals surface area contributed by atoms with Gasteiger partial charge in [0.2, 0.25) is 0 Å². The second-order valence-electron chi connectivity index (χ2n) is 13.1. The van der Waals surface area contributed by atoms with Crippen molar-refractivity contribution in [3.63, 3.8) is 0 Å². The monoisotopic (exact) mass is 575 g/mol. The number of ether oxygens (including phenoxy) is 1. The third-order valence-corrected chi connectivity index (χ3v) is 7.68. The smallest absolute Gasteiger partial charge is 0.0622 e. The fourth-order valence-electron chi connectivity index (χ4n) is 4.44. The Morgan fingerprint density at radius 1 is 0.524 bits per heavy atom. The molecule has 0 aliphatic heterocycles. The second kappa shape index (κ2) is 24.1. The molecule has 0 rings (SSSR count). The van der Waals surface area contributed by atoms with Gasteiger partial charge in [-0.2, -0.15) is 0 Å². The van der Waals surface area contributed by atoms with Gasteiger partial charge in [-0.1, -0.05) is 106 Å². The van der Waals surface area contributed by atoms with Crippen molar-refractivity contribution in [3.05, 3.63) is 106 Å². The van der Waals surface area contributed by atoms with E-state index < -0.39 is 0 Å². The van der Waals surface area contributed by atoms with E-state index in [4.69, 9.17) is 4.74 Å². The number of hydrogen-bond donors (Lipinski definition) is 0. The highest BCUT2D eigenvalue weighted by molar-refractivity contribution is 5.27. The summed E-state index contributed by atoms with van der Waals surface area (Å²) in [4.78, 5) is 0. The largest absolute Gasteiger partial charge is 0.379 e. The fraction of sp³-hybridized carbons (Fsp3) is 0.561. The quantitative estimate of drug-likeness (QED) is 0.0978. The molecule has 236 valence electrons. The first-order chi connectivity index (χ1) is 19.8. The Morgan fingerprint density at radius 2 is 0.952 bits per heavy atom. The summed E-state index contributed by atoms with van der Waals surface area (Å²) < 4.78 is 5.52. The van der Waals surface area contributed by atoms with Gasteiger partial charge >= 0.3 is 0 Å². The van der Waals surface area contributed by atoms with E-state index in [0.29, 0.717) is 0 Å². The lowest BCUT2D eigenvalue weighted by molar-refractivity contribution is 0.0140. The van der Waals surface area contributed by atoms with E-state index in [1.165, 1.54) is 58.3 Å². The van der Waals surface area contributed by atoms with Gasteiger partial charge in [-0.25, -0.2) is 0 Å². The molecule has 0 saturated heterocycles. The Morgan fingerprint density at radius 3 is 1.45 bits per heavy atom. The molecule has 0 fully saturated rings. The topological polar surface area (TPSA) is 9.23 Å². The molecule has 0 atom stereocenters. The predicted molar refractivity (Wildman–Crippen MR) is 192 cm³/mol. The molecule has 0 spiro atoms. The van der Waals surface area contributed by atoms with Crippen molar-refractivity contribution < 1.29 is 4.74 Å². The molecule has 0 N–H and O–H groups in total. The van der Waals surface area contributed by atoms with Gasteiger partial charge in [-0.3, -0.25) is 0 Å². The molecule has 0 aromatic carbocycles.